The van der Waals surface area contributed by atoms with Gasteiger partial charge in [0.05, 0.1) is 6.33 Å². The Hall–Kier alpha value is -4.19. The van der Waals surface area contributed by atoms with Crippen LogP contribution in [-0.4, -0.2) is 39.4 Å². The second-order valence-electron chi connectivity index (χ2n) is 9.02. The van der Waals surface area contributed by atoms with Crippen molar-refractivity contribution in [3.05, 3.63) is 126 Å². The molecule has 0 saturated carbocycles. The van der Waals surface area contributed by atoms with Crippen molar-refractivity contribution in [2.24, 2.45) is 4.99 Å². The highest BCUT2D eigenvalue weighted by Gasteiger charge is 2.37. The van der Waals surface area contributed by atoms with Gasteiger partial charge in [-0.05, 0) is 29.5 Å². The van der Waals surface area contributed by atoms with Crippen LogP contribution in [-0.2, 0) is 6.54 Å². The quantitative estimate of drug-likeness (QED) is 0.320. The molecule has 0 spiro atoms. The molecule has 2 amide bonds. The van der Waals surface area contributed by atoms with E-state index >= 15 is 0 Å². The molecule has 1 aliphatic rings. The number of nitrogens with zero attached hydrogens (tertiary/aromatic N) is 4. The zero-order valence-corrected chi connectivity index (χ0v) is 20.3. The molecular weight excluding hydrogens is 446 g/mol. The minimum absolute atomic E-state index is 0.0871. The number of amidine groups is 1. The Labute approximate surface area is 212 Å². The summed E-state index contributed by atoms with van der Waals surface area (Å²) >= 11 is 0. The minimum Gasteiger partial charge on any atom is -0.337 e. The van der Waals surface area contributed by atoms with Crippen molar-refractivity contribution in [2.45, 2.75) is 31.3 Å². The summed E-state index contributed by atoms with van der Waals surface area (Å²) in [4.78, 5) is 24.0. The number of hydrogen-bond acceptors (Lipinski definition) is 3. The summed E-state index contributed by atoms with van der Waals surface area (Å²) in [6, 6.07) is 31.0. The molecule has 1 unspecified atom stereocenters. The molecule has 5 rings (SSSR count). The van der Waals surface area contributed by atoms with E-state index in [1.165, 1.54) is 11.1 Å². The van der Waals surface area contributed by atoms with Gasteiger partial charge in [0.25, 0.3) is 0 Å². The summed E-state index contributed by atoms with van der Waals surface area (Å²) < 4.78 is 2.04. The van der Waals surface area contributed by atoms with Crippen molar-refractivity contribution < 1.29 is 4.79 Å². The molecule has 1 aliphatic heterocycles. The Balaban J connectivity index is 1.34. The number of carbonyl (C=O) groups excluding carboxylic acids is 1. The Morgan fingerprint density at radius 1 is 0.861 bits per heavy atom. The number of benzene rings is 3. The zero-order valence-electron chi connectivity index (χ0n) is 20.3. The molecule has 36 heavy (non-hydrogen) atoms. The monoisotopic (exact) mass is 477 g/mol. The maximum absolute atomic E-state index is 13.0. The van der Waals surface area contributed by atoms with Crippen molar-refractivity contribution >= 4 is 11.9 Å². The second-order valence-corrected chi connectivity index (χ2v) is 9.02. The third-order valence-corrected chi connectivity index (χ3v) is 6.66. The maximum atomic E-state index is 13.0. The van der Waals surface area contributed by atoms with Crippen LogP contribution >= 0.6 is 0 Å². The number of nitrogens with one attached hydrogen (secondary N) is 1. The third kappa shape index (κ3) is 5.54. The Bertz CT molecular complexity index is 1220. The summed E-state index contributed by atoms with van der Waals surface area (Å²) in [6.07, 6.45) is 7.22. The van der Waals surface area contributed by atoms with Crippen LogP contribution in [0.5, 0.6) is 0 Å². The lowest BCUT2D eigenvalue weighted by atomic mass is 9.88. The number of urea groups is 1. The molecule has 1 saturated heterocycles. The van der Waals surface area contributed by atoms with Gasteiger partial charge < -0.3 is 9.47 Å². The van der Waals surface area contributed by atoms with Crippen LogP contribution in [0, 0.1) is 0 Å². The molecule has 0 bridgehead atoms. The normalized spacial score (nSPS) is 16.6. The number of imidazole rings is 1. The molecular formula is C30H31N5O. The summed E-state index contributed by atoms with van der Waals surface area (Å²) in [5.41, 5.74) is 3.63. The average molecular weight is 478 g/mol. The van der Waals surface area contributed by atoms with Gasteiger partial charge in [0, 0.05) is 37.9 Å². The van der Waals surface area contributed by atoms with E-state index < -0.39 is 0 Å². The minimum atomic E-state index is -0.201. The Kier molecular flexibility index (Phi) is 7.52. The highest BCUT2D eigenvalue weighted by Crippen LogP contribution is 2.30. The van der Waals surface area contributed by atoms with E-state index in [0.29, 0.717) is 13.1 Å². The first kappa shape index (κ1) is 23.5. The van der Waals surface area contributed by atoms with E-state index in [-0.39, 0.29) is 18.0 Å². The standard InChI is InChI=1S/C30H31N5O/c36-30-33-29(32-18-17-27(24-11-4-1-5-12-24)25-13-6-2-7-14-25)28(26-15-8-3-9-16-26)35(30)21-10-20-34-22-19-31-23-34/h1-9,11-16,19,22-23,27-28H,10,17-18,20-21H2,(H,32,33,36). The van der Waals surface area contributed by atoms with Crippen LogP contribution < -0.4 is 5.32 Å². The van der Waals surface area contributed by atoms with Crippen LogP contribution in [0.25, 0.3) is 0 Å². The third-order valence-electron chi connectivity index (χ3n) is 6.66. The predicted octanol–water partition coefficient (Wildman–Crippen LogP) is 5.66. The molecule has 182 valence electrons. The highest BCUT2D eigenvalue weighted by atomic mass is 16.2. The predicted molar refractivity (Wildman–Crippen MR) is 143 cm³/mol. The van der Waals surface area contributed by atoms with Gasteiger partial charge in [-0.25, -0.2) is 9.78 Å². The van der Waals surface area contributed by atoms with E-state index in [1.54, 1.807) is 6.20 Å². The van der Waals surface area contributed by atoms with Gasteiger partial charge in [-0.3, -0.25) is 10.3 Å². The van der Waals surface area contributed by atoms with Crippen molar-refractivity contribution in [1.82, 2.24) is 19.8 Å². The SMILES string of the molecule is O=C1NC(=NCCC(c2ccccc2)c2ccccc2)C(c2ccccc2)N1CCCn1ccnc1. The smallest absolute Gasteiger partial charge is 0.323 e. The number of carbonyl (C=O) groups is 1. The lowest BCUT2D eigenvalue weighted by Crippen LogP contribution is -2.31. The average Bonchev–Trinajstić information content (AvgIpc) is 3.56. The first-order valence-corrected chi connectivity index (χ1v) is 12.5. The van der Waals surface area contributed by atoms with E-state index in [4.69, 9.17) is 4.99 Å². The van der Waals surface area contributed by atoms with Crippen LogP contribution in [0.1, 0.15) is 41.5 Å². The summed E-state index contributed by atoms with van der Waals surface area (Å²) in [7, 11) is 0. The van der Waals surface area contributed by atoms with Gasteiger partial charge >= 0.3 is 6.03 Å². The van der Waals surface area contributed by atoms with Crippen molar-refractivity contribution in [3.8, 4) is 0 Å². The van der Waals surface area contributed by atoms with E-state index in [9.17, 15) is 4.79 Å². The molecule has 1 aromatic heterocycles. The van der Waals surface area contributed by atoms with Crippen LogP contribution in [0.2, 0.25) is 0 Å². The van der Waals surface area contributed by atoms with Crippen LogP contribution in [0.15, 0.2) is 115 Å². The fraction of sp³-hybridized carbons (Fsp3) is 0.233. The topological polar surface area (TPSA) is 62.5 Å². The molecule has 4 aromatic rings. The molecule has 0 aliphatic carbocycles. The largest absolute Gasteiger partial charge is 0.337 e. The lowest BCUT2D eigenvalue weighted by Gasteiger charge is -2.23. The maximum Gasteiger partial charge on any atom is 0.323 e. The van der Waals surface area contributed by atoms with E-state index in [1.807, 2.05) is 52.3 Å². The lowest BCUT2D eigenvalue weighted by molar-refractivity contribution is 0.204. The fourth-order valence-electron chi connectivity index (χ4n) is 4.90. The molecule has 1 atom stereocenters. The number of aryl methyl sites for hydroxylation is 1. The molecule has 2 heterocycles. The van der Waals surface area contributed by atoms with Crippen LogP contribution in [0.3, 0.4) is 0 Å². The van der Waals surface area contributed by atoms with Crippen molar-refractivity contribution in [3.63, 3.8) is 0 Å². The molecule has 6 heteroatoms. The second kappa shape index (κ2) is 11.5. The van der Waals surface area contributed by atoms with Crippen molar-refractivity contribution in [2.75, 3.05) is 13.1 Å². The van der Waals surface area contributed by atoms with Gasteiger partial charge in [-0.2, -0.15) is 0 Å². The van der Waals surface area contributed by atoms with Gasteiger partial charge in [0.15, 0.2) is 0 Å². The molecule has 0 radical (unpaired) electrons. The summed E-state index contributed by atoms with van der Waals surface area (Å²) in [5, 5.41) is 3.07. The molecule has 1 fully saturated rings. The van der Waals surface area contributed by atoms with Gasteiger partial charge in [0.2, 0.25) is 0 Å². The first-order valence-electron chi connectivity index (χ1n) is 12.5. The van der Waals surface area contributed by atoms with Gasteiger partial charge in [-0.15, -0.1) is 0 Å². The molecule has 6 nitrogen and oxygen atoms in total. The van der Waals surface area contributed by atoms with Gasteiger partial charge in [0.1, 0.15) is 11.9 Å². The summed E-state index contributed by atoms with van der Waals surface area (Å²) in [6.45, 7) is 2.07. The molecule has 3 aromatic carbocycles. The number of amides is 2. The van der Waals surface area contributed by atoms with Gasteiger partial charge in [-0.1, -0.05) is 91.0 Å². The van der Waals surface area contributed by atoms with Crippen LogP contribution in [0.4, 0.5) is 4.79 Å². The fourth-order valence-corrected chi connectivity index (χ4v) is 4.90. The van der Waals surface area contributed by atoms with Crippen molar-refractivity contribution in [1.29, 1.82) is 0 Å². The number of aromatic nitrogens is 2. The number of rotatable bonds is 10. The zero-order chi connectivity index (χ0) is 24.6. The Morgan fingerprint density at radius 3 is 2.11 bits per heavy atom. The number of aliphatic imine (C=N–C) groups is 1. The van der Waals surface area contributed by atoms with E-state index in [2.05, 4.69) is 71.0 Å². The van der Waals surface area contributed by atoms with E-state index in [0.717, 1.165) is 30.8 Å². The molecule has 1 N–H and O–H groups in total. The first-order chi connectivity index (χ1) is 17.8. The number of hydrogen-bond donors (Lipinski definition) is 1. The summed E-state index contributed by atoms with van der Waals surface area (Å²) in [5.74, 6) is 0.976. The highest BCUT2D eigenvalue weighted by molar-refractivity contribution is 6.07. The Morgan fingerprint density at radius 2 is 1.50 bits per heavy atom.